The zero-order chi connectivity index (χ0) is 14.9. The summed E-state index contributed by atoms with van der Waals surface area (Å²) in [5.74, 6) is 0.256. The maximum atomic E-state index is 11.7. The Morgan fingerprint density at radius 2 is 2.15 bits per heavy atom. The standard InChI is InChI=1S/C10H14IN3O5S/c1-20-10-13-7(4(11)8(18)14-10)12-9-6(17)5(16)3(15)2-19-9/h3,5-6,9,15-17H,2H2,1H3,(H2,12,13,14,18). The molecular weight excluding hydrogens is 401 g/mol. The number of hydrogen-bond donors (Lipinski definition) is 5. The van der Waals surface area contributed by atoms with Crippen LogP contribution in [-0.2, 0) is 4.74 Å². The van der Waals surface area contributed by atoms with Crippen LogP contribution >= 0.6 is 34.4 Å². The highest BCUT2D eigenvalue weighted by molar-refractivity contribution is 14.1. The topological polar surface area (TPSA) is 128 Å². The molecule has 0 aromatic carbocycles. The van der Waals surface area contributed by atoms with Crippen molar-refractivity contribution in [2.45, 2.75) is 29.7 Å². The summed E-state index contributed by atoms with van der Waals surface area (Å²) in [5, 5.41) is 32.0. The van der Waals surface area contributed by atoms with Crippen LogP contribution in [0.4, 0.5) is 5.82 Å². The number of ether oxygens (including phenoxy) is 1. The molecule has 8 nitrogen and oxygen atoms in total. The van der Waals surface area contributed by atoms with Gasteiger partial charge in [-0.1, -0.05) is 11.8 Å². The van der Waals surface area contributed by atoms with Gasteiger partial charge < -0.3 is 30.4 Å². The fourth-order valence-corrected chi connectivity index (χ4v) is 2.49. The number of aromatic amines is 1. The maximum absolute atomic E-state index is 11.7. The van der Waals surface area contributed by atoms with Crippen LogP contribution < -0.4 is 10.9 Å². The average Bonchev–Trinajstić information content (AvgIpc) is 2.44. The first kappa shape index (κ1) is 16.0. The lowest BCUT2D eigenvalue weighted by atomic mass is 10.0. The fraction of sp³-hybridized carbons (Fsp3) is 0.600. The van der Waals surface area contributed by atoms with Gasteiger partial charge >= 0.3 is 0 Å². The monoisotopic (exact) mass is 415 g/mol. The molecule has 1 aromatic heterocycles. The number of nitrogens with zero attached hydrogens (tertiary/aromatic N) is 1. The summed E-state index contributed by atoms with van der Waals surface area (Å²) in [4.78, 5) is 18.5. The number of aliphatic hydroxyl groups excluding tert-OH is 3. The van der Waals surface area contributed by atoms with E-state index in [0.717, 1.165) is 0 Å². The van der Waals surface area contributed by atoms with Crippen LogP contribution in [0.15, 0.2) is 9.95 Å². The van der Waals surface area contributed by atoms with Crippen molar-refractivity contribution in [3.63, 3.8) is 0 Å². The molecule has 1 fully saturated rings. The molecule has 4 unspecified atom stereocenters. The van der Waals surface area contributed by atoms with E-state index in [4.69, 9.17) is 4.74 Å². The molecule has 1 saturated heterocycles. The van der Waals surface area contributed by atoms with Crippen molar-refractivity contribution >= 4 is 40.2 Å². The summed E-state index contributed by atoms with van der Waals surface area (Å²) in [7, 11) is 0. The van der Waals surface area contributed by atoms with Crippen molar-refractivity contribution in [2.24, 2.45) is 0 Å². The lowest BCUT2D eigenvalue weighted by molar-refractivity contribution is -0.178. The molecule has 0 radical (unpaired) electrons. The minimum absolute atomic E-state index is 0.120. The van der Waals surface area contributed by atoms with Gasteiger partial charge in [0.1, 0.15) is 27.7 Å². The normalized spacial score (nSPS) is 30.2. The smallest absolute Gasteiger partial charge is 0.267 e. The van der Waals surface area contributed by atoms with Gasteiger partial charge in [-0.05, 0) is 28.8 Å². The van der Waals surface area contributed by atoms with E-state index in [-0.39, 0.29) is 18.0 Å². The van der Waals surface area contributed by atoms with Crippen molar-refractivity contribution in [3.05, 3.63) is 13.9 Å². The third-order valence-corrected chi connectivity index (χ3v) is 4.40. The predicted octanol–water partition coefficient (Wildman–Crippen LogP) is -1.05. The molecule has 0 spiro atoms. The molecule has 112 valence electrons. The first-order valence-corrected chi connectivity index (χ1v) is 8.00. The number of H-pyrrole nitrogens is 1. The number of thioether (sulfide) groups is 1. The second-order valence-corrected chi connectivity index (χ2v) is 6.06. The molecule has 0 amide bonds. The molecule has 5 N–H and O–H groups in total. The summed E-state index contributed by atoms with van der Waals surface area (Å²) < 4.78 is 5.53. The predicted molar refractivity (Wildman–Crippen MR) is 80.7 cm³/mol. The highest BCUT2D eigenvalue weighted by Gasteiger charge is 2.38. The number of anilines is 1. The third-order valence-electron chi connectivity index (χ3n) is 2.81. The minimum Gasteiger partial charge on any atom is -0.388 e. The Morgan fingerprint density at radius 1 is 1.45 bits per heavy atom. The van der Waals surface area contributed by atoms with E-state index in [0.29, 0.717) is 8.73 Å². The van der Waals surface area contributed by atoms with Crippen molar-refractivity contribution in [3.8, 4) is 0 Å². The Morgan fingerprint density at radius 3 is 2.80 bits per heavy atom. The molecule has 1 aromatic rings. The summed E-state index contributed by atoms with van der Waals surface area (Å²) in [5.41, 5.74) is -0.307. The van der Waals surface area contributed by atoms with Crippen LogP contribution in [0.2, 0.25) is 0 Å². The molecule has 20 heavy (non-hydrogen) atoms. The van der Waals surface area contributed by atoms with Crippen LogP contribution in [0, 0.1) is 3.57 Å². The van der Waals surface area contributed by atoms with Gasteiger partial charge in [0.2, 0.25) is 0 Å². The molecule has 0 bridgehead atoms. The summed E-state index contributed by atoms with van der Waals surface area (Å²) in [6, 6.07) is 0. The molecular formula is C10H14IN3O5S. The first-order valence-electron chi connectivity index (χ1n) is 5.70. The van der Waals surface area contributed by atoms with Gasteiger partial charge in [0, 0.05) is 0 Å². The van der Waals surface area contributed by atoms with Gasteiger partial charge in [-0.3, -0.25) is 4.79 Å². The van der Waals surface area contributed by atoms with E-state index in [1.807, 2.05) is 22.6 Å². The quantitative estimate of drug-likeness (QED) is 0.241. The Balaban J connectivity index is 2.22. The van der Waals surface area contributed by atoms with Gasteiger partial charge in [0.25, 0.3) is 5.56 Å². The number of aliphatic hydroxyl groups is 3. The van der Waals surface area contributed by atoms with Gasteiger partial charge in [-0.2, -0.15) is 0 Å². The SMILES string of the molecule is CSc1nc(NC2OCC(O)C(O)C2O)c(I)c(=O)[nH]1. The van der Waals surface area contributed by atoms with Crippen LogP contribution in [0.1, 0.15) is 0 Å². The fourth-order valence-electron chi connectivity index (χ4n) is 1.70. The average molecular weight is 415 g/mol. The number of nitrogens with one attached hydrogen (secondary N) is 2. The zero-order valence-corrected chi connectivity index (χ0v) is 13.4. The first-order chi connectivity index (χ1) is 9.43. The van der Waals surface area contributed by atoms with Gasteiger partial charge in [0.05, 0.1) is 6.61 Å². The summed E-state index contributed by atoms with van der Waals surface area (Å²) in [6.45, 7) is -0.120. The molecule has 1 aliphatic heterocycles. The molecule has 0 saturated carbocycles. The minimum atomic E-state index is -1.33. The van der Waals surface area contributed by atoms with E-state index in [9.17, 15) is 20.1 Å². The van der Waals surface area contributed by atoms with Crippen molar-refractivity contribution in [1.29, 1.82) is 0 Å². The van der Waals surface area contributed by atoms with E-state index >= 15 is 0 Å². The molecule has 2 rings (SSSR count). The van der Waals surface area contributed by atoms with Crippen molar-refractivity contribution in [1.82, 2.24) is 9.97 Å². The molecule has 1 aliphatic rings. The van der Waals surface area contributed by atoms with Crippen LogP contribution in [0.5, 0.6) is 0 Å². The number of hydrogen-bond acceptors (Lipinski definition) is 8. The van der Waals surface area contributed by atoms with E-state index in [2.05, 4.69) is 15.3 Å². The maximum Gasteiger partial charge on any atom is 0.267 e. The Hall–Kier alpha value is -0.400. The van der Waals surface area contributed by atoms with Gasteiger partial charge in [-0.25, -0.2) is 4.98 Å². The lowest BCUT2D eigenvalue weighted by Gasteiger charge is -2.35. The van der Waals surface area contributed by atoms with Gasteiger partial charge in [-0.15, -0.1) is 0 Å². The molecule has 4 atom stereocenters. The number of aromatic nitrogens is 2. The van der Waals surface area contributed by atoms with Gasteiger partial charge in [0.15, 0.2) is 11.4 Å². The second-order valence-electron chi connectivity index (χ2n) is 4.18. The van der Waals surface area contributed by atoms with E-state index in [1.165, 1.54) is 11.8 Å². The molecule has 0 aliphatic carbocycles. The highest BCUT2D eigenvalue weighted by Crippen LogP contribution is 2.20. The zero-order valence-electron chi connectivity index (χ0n) is 10.4. The van der Waals surface area contributed by atoms with Crippen molar-refractivity contribution in [2.75, 3.05) is 18.2 Å². The van der Waals surface area contributed by atoms with Crippen molar-refractivity contribution < 1.29 is 20.1 Å². The second kappa shape index (κ2) is 6.58. The van der Waals surface area contributed by atoms with E-state index < -0.39 is 24.5 Å². The van der Waals surface area contributed by atoms with Crippen LogP contribution in [0.25, 0.3) is 0 Å². The molecule has 2 heterocycles. The third kappa shape index (κ3) is 3.26. The van der Waals surface area contributed by atoms with E-state index in [1.54, 1.807) is 6.26 Å². The Labute approximate surface area is 132 Å². The largest absolute Gasteiger partial charge is 0.388 e. The highest BCUT2D eigenvalue weighted by atomic mass is 127. The number of rotatable bonds is 3. The number of halogens is 1. The Kier molecular flexibility index (Phi) is 5.25. The summed E-state index contributed by atoms with van der Waals surface area (Å²) >= 11 is 3.09. The Bertz CT molecular complexity index is 542. The van der Waals surface area contributed by atoms with Crippen LogP contribution in [0.3, 0.4) is 0 Å². The lowest BCUT2D eigenvalue weighted by Crippen LogP contribution is -2.55. The van der Waals surface area contributed by atoms with Crippen LogP contribution in [-0.4, -0.2) is 62.7 Å². The summed E-state index contributed by atoms with van der Waals surface area (Å²) in [6.07, 6.45) is -2.97. The molecule has 10 heteroatoms.